The molecule has 0 saturated heterocycles. The number of nitriles is 1. The van der Waals surface area contributed by atoms with Crippen molar-refractivity contribution in [3.8, 4) is 11.9 Å². The molecule has 0 aliphatic heterocycles. The Morgan fingerprint density at radius 2 is 2.00 bits per heavy atom. The Bertz CT molecular complexity index is 768. The highest BCUT2D eigenvalue weighted by atomic mass is 15.4. The lowest BCUT2D eigenvalue weighted by Crippen LogP contribution is -2.03. The highest BCUT2D eigenvalue weighted by Gasteiger charge is 2.08. The van der Waals surface area contributed by atoms with E-state index in [0.717, 1.165) is 11.0 Å². The molecule has 3 rings (SSSR count). The zero-order chi connectivity index (χ0) is 12.5. The molecule has 2 aromatic heterocycles. The van der Waals surface area contributed by atoms with Crippen LogP contribution in [0.4, 0.5) is 5.69 Å². The van der Waals surface area contributed by atoms with Crippen molar-refractivity contribution in [3.63, 3.8) is 0 Å². The third-order valence-electron chi connectivity index (χ3n) is 2.59. The van der Waals surface area contributed by atoms with Crippen LogP contribution in [0.3, 0.4) is 0 Å². The van der Waals surface area contributed by atoms with Gasteiger partial charge in [-0.3, -0.25) is 0 Å². The topological polar surface area (TPSA) is 93.4 Å². The van der Waals surface area contributed by atoms with Crippen LogP contribution in [-0.2, 0) is 0 Å². The van der Waals surface area contributed by atoms with Crippen LogP contribution in [0.5, 0.6) is 0 Å². The number of hydrogen-bond donors (Lipinski definition) is 1. The number of benzene rings is 1. The van der Waals surface area contributed by atoms with Crippen LogP contribution in [-0.4, -0.2) is 20.0 Å². The number of pyridine rings is 1. The molecular weight excluding hydrogens is 228 g/mol. The second-order valence-electron chi connectivity index (χ2n) is 3.71. The predicted octanol–water partition coefficient (Wildman–Crippen LogP) is 1.27. The molecule has 0 aliphatic carbocycles. The maximum Gasteiger partial charge on any atom is 0.165 e. The van der Waals surface area contributed by atoms with E-state index in [4.69, 9.17) is 11.0 Å². The van der Waals surface area contributed by atoms with Crippen LogP contribution < -0.4 is 5.73 Å². The van der Waals surface area contributed by atoms with Gasteiger partial charge in [-0.25, -0.2) is 4.98 Å². The second kappa shape index (κ2) is 3.82. The Balaban J connectivity index is 2.24. The largest absolute Gasteiger partial charge is 0.396 e. The van der Waals surface area contributed by atoms with Gasteiger partial charge in [0.15, 0.2) is 11.5 Å². The van der Waals surface area contributed by atoms with E-state index in [1.165, 1.54) is 0 Å². The van der Waals surface area contributed by atoms with Gasteiger partial charge in [0.2, 0.25) is 0 Å². The Morgan fingerprint density at radius 1 is 1.17 bits per heavy atom. The molecule has 0 fully saturated rings. The van der Waals surface area contributed by atoms with E-state index >= 15 is 0 Å². The second-order valence-corrected chi connectivity index (χ2v) is 3.71. The van der Waals surface area contributed by atoms with Gasteiger partial charge in [-0.2, -0.15) is 9.94 Å². The zero-order valence-electron chi connectivity index (χ0n) is 9.28. The first-order chi connectivity index (χ1) is 8.79. The van der Waals surface area contributed by atoms with E-state index < -0.39 is 0 Å². The van der Waals surface area contributed by atoms with Crippen molar-refractivity contribution in [3.05, 3.63) is 42.1 Å². The number of nitrogen functional groups attached to an aromatic ring is 1. The van der Waals surface area contributed by atoms with E-state index in [1.54, 1.807) is 16.8 Å². The molecule has 2 heterocycles. The fourth-order valence-corrected chi connectivity index (χ4v) is 1.71. The fourth-order valence-electron chi connectivity index (χ4n) is 1.71. The maximum atomic E-state index is 8.92. The molecule has 0 atom stereocenters. The SMILES string of the molecule is N#Cc1nc(-n2nnc3ccccc32)ccc1N. The lowest BCUT2D eigenvalue weighted by Gasteiger charge is -2.02. The summed E-state index contributed by atoms with van der Waals surface area (Å²) in [6, 6.07) is 12.8. The first-order valence-electron chi connectivity index (χ1n) is 5.27. The molecule has 18 heavy (non-hydrogen) atoms. The summed E-state index contributed by atoms with van der Waals surface area (Å²) in [5.74, 6) is 0.523. The van der Waals surface area contributed by atoms with Gasteiger partial charge >= 0.3 is 0 Å². The minimum atomic E-state index is 0.187. The molecule has 0 saturated carbocycles. The summed E-state index contributed by atoms with van der Waals surface area (Å²) in [4.78, 5) is 4.16. The minimum absolute atomic E-state index is 0.187. The van der Waals surface area contributed by atoms with Gasteiger partial charge in [-0.05, 0) is 24.3 Å². The third kappa shape index (κ3) is 1.46. The summed E-state index contributed by atoms with van der Waals surface area (Å²) in [6.45, 7) is 0. The Labute approximate surface area is 102 Å². The lowest BCUT2D eigenvalue weighted by molar-refractivity contribution is 0.800. The molecule has 2 N–H and O–H groups in total. The normalized spacial score (nSPS) is 10.4. The standard InChI is InChI=1S/C12H8N6/c13-7-10-8(14)5-6-12(15-10)18-11-4-2-1-3-9(11)16-17-18/h1-6H,14H2. The molecule has 6 heteroatoms. The molecule has 0 unspecified atom stereocenters. The van der Waals surface area contributed by atoms with Crippen molar-refractivity contribution in [2.24, 2.45) is 0 Å². The third-order valence-corrected chi connectivity index (χ3v) is 2.59. The van der Waals surface area contributed by atoms with E-state index in [0.29, 0.717) is 11.5 Å². The lowest BCUT2D eigenvalue weighted by atomic mass is 10.3. The summed E-state index contributed by atoms with van der Waals surface area (Å²) < 4.78 is 1.58. The van der Waals surface area contributed by atoms with Gasteiger partial charge in [0.05, 0.1) is 11.2 Å². The Kier molecular flexibility index (Phi) is 2.17. The van der Waals surface area contributed by atoms with Gasteiger partial charge in [0.25, 0.3) is 0 Å². The number of hydrogen-bond acceptors (Lipinski definition) is 5. The van der Waals surface area contributed by atoms with Crippen LogP contribution in [0.25, 0.3) is 16.9 Å². The summed E-state index contributed by atoms with van der Waals surface area (Å²) >= 11 is 0. The van der Waals surface area contributed by atoms with Crippen LogP contribution in [0.1, 0.15) is 5.69 Å². The summed E-state index contributed by atoms with van der Waals surface area (Å²) in [5.41, 5.74) is 7.78. The molecule has 0 amide bonds. The van der Waals surface area contributed by atoms with E-state index in [9.17, 15) is 0 Å². The fraction of sp³-hybridized carbons (Fsp3) is 0. The molecule has 0 bridgehead atoms. The molecule has 1 aromatic carbocycles. The van der Waals surface area contributed by atoms with Crippen LogP contribution in [0, 0.1) is 11.3 Å². The first-order valence-corrected chi connectivity index (χ1v) is 5.27. The summed E-state index contributed by atoms with van der Waals surface area (Å²) in [5, 5.41) is 17.0. The number of rotatable bonds is 1. The van der Waals surface area contributed by atoms with Gasteiger partial charge in [0, 0.05) is 0 Å². The number of anilines is 1. The summed E-state index contributed by atoms with van der Waals surface area (Å²) in [7, 11) is 0. The number of para-hydroxylation sites is 1. The van der Waals surface area contributed by atoms with E-state index in [-0.39, 0.29) is 5.69 Å². The van der Waals surface area contributed by atoms with Gasteiger partial charge in [-0.15, -0.1) is 5.10 Å². The molecule has 0 radical (unpaired) electrons. The van der Waals surface area contributed by atoms with Gasteiger partial charge < -0.3 is 5.73 Å². The quantitative estimate of drug-likeness (QED) is 0.686. The van der Waals surface area contributed by atoms with E-state index in [2.05, 4.69) is 15.3 Å². The van der Waals surface area contributed by atoms with Crippen molar-refractivity contribution in [2.75, 3.05) is 5.73 Å². The highest BCUT2D eigenvalue weighted by molar-refractivity contribution is 5.75. The minimum Gasteiger partial charge on any atom is -0.396 e. The number of fused-ring (bicyclic) bond motifs is 1. The Hall–Kier alpha value is -2.94. The molecule has 3 aromatic rings. The molecule has 86 valence electrons. The average Bonchev–Trinajstić information content (AvgIpc) is 2.83. The van der Waals surface area contributed by atoms with Crippen LogP contribution >= 0.6 is 0 Å². The van der Waals surface area contributed by atoms with Crippen molar-refractivity contribution < 1.29 is 0 Å². The summed E-state index contributed by atoms with van der Waals surface area (Å²) in [6.07, 6.45) is 0. The van der Waals surface area contributed by atoms with E-state index in [1.807, 2.05) is 30.3 Å². The number of nitrogens with zero attached hydrogens (tertiary/aromatic N) is 5. The Morgan fingerprint density at radius 3 is 2.83 bits per heavy atom. The monoisotopic (exact) mass is 236 g/mol. The molecule has 6 nitrogen and oxygen atoms in total. The molecular formula is C12H8N6. The average molecular weight is 236 g/mol. The highest BCUT2D eigenvalue weighted by Crippen LogP contribution is 2.16. The van der Waals surface area contributed by atoms with Gasteiger partial charge in [0.1, 0.15) is 11.6 Å². The van der Waals surface area contributed by atoms with Crippen molar-refractivity contribution in [1.82, 2.24) is 20.0 Å². The predicted molar refractivity (Wildman–Crippen MR) is 65.8 cm³/mol. The number of nitrogens with two attached hydrogens (primary N) is 1. The van der Waals surface area contributed by atoms with Crippen molar-refractivity contribution in [1.29, 1.82) is 5.26 Å². The molecule has 0 aliphatic rings. The zero-order valence-corrected chi connectivity index (χ0v) is 9.28. The van der Waals surface area contributed by atoms with Crippen LogP contribution in [0.15, 0.2) is 36.4 Å². The molecule has 0 spiro atoms. The van der Waals surface area contributed by atoms with Crippen LogP contribution in [0.2, 0.25) is 0 Å². The maximum absolute atomic E-state index is 8.92. The first kappa shape index (κ1) is 10.2. The van der Waals surface area contributed by atoms with Crippen molar-refractivity contribution in [2.45, 2.75) is 0 Å². The van der Waals surface area contributed by atoms with Crippen molar-refractivity contribution >= 4 is 16.7 Å². The van der Waals surface area contributed by atoms with Gasteiger partial charge in [-0.1, -0.05) is 17.3 Å². The number of aromatic nitrogens is 4. The smallest absolute Gasteiger partial charge is 0.165 e.